The molecule has 15 heteroatoms. The Bertz CT molecular complexity index is 1820. The van der Waals surface area contributed by atoms with Crippen LogP contribution in [0.25, 0.3) is 10.8 Å². The Morgan fingerprint density at radius 1 is 1.04 bits per heavy atom. The van der Waals surface area contributed by atoms with Gasteiger partial charge in [-0.3, -0.25) is 14.9 Å². The summed E-state index contributed by atoms with van der Waals surface area (Å²) in [5.41, 5.74) is 10.2. The number of benzene rings is 3. The first kappa shape index (κ1) is 34.0. The van der Waals surface area contributed by atoms with E-state index in [9.17, 15) is 32.7 Å². The maximum atomic E-state index is 13.9. The Labute approximate surface area is 265 Å². The van der Waals surface area contributed by atoms with Crippen LogP contribution in [0.5, 0.6) is 0 Å². The summed E-state index contributed by atoms with van der Waals surface area (Å²) in [6.45, 7) is 2.10. The lowest BCUT2D eigenvalue weighted by Crippen LogP contribution is -2.37. The summed E-state index contributed by atoms with van der Waals surface area (Å²) >= 11 is 0. The number of alkyl halides is 3. The van der Waals surface area contributed by atoms with Crippen molar-refractivity contribution in [3.63, 3.8) is 0 Å². The van der Waals surface area contributed by atoms with Crippen molar-refractivity contribution in [3.8, 4) is 0 Å². The van der Waals surface area contributed by atoms with Crippen molar-refractivity contribution in [3.05, 3.63) is 95.2 Å². The quantitative estimate of drug-likeness (QED) is 0.167. The average molecular weight is 654 g/mol. The number of aromatic nitrogens is 1. The van der Waals surface area contributed by atoms with E-state index in [0.717, 1.165) is 21.9 Å². The predicted molar refractivity (Wildman–Crippen MR) is 166 cm³/mol. The second-order valence-electron chi connectivity index (χ2n) is 10.5. The highest BCUT2D eigenvalue weighted by molar-refractivity contribution is 5.94. The summed E-state index contributed by atoms with van der Waals surface area (Å²) in [5.74, 6) is -3.83. The highest BCUT2D eigenvalue weighted by atomic mass is 19.4. The molecule has 1 unspecified atom stereocenters. The van der Waals surface area contributed by atoms with Crippen molar-refractivity contribution in [1.82, 2.24) is 10.3 Å². The van der Waals surface area contributed by atoms with Crippen LogP contribution in [0.1, 0.15) is 40.8 Å². The molecule has 4 bridgehead atoms. The van der Waals surface area contributed by atoms with Gasteiger partial charge in [0, 0.05) is 29.4 Å². The number of carbonyl (C=O) groups excluding carboxylic acids is 2. The van der Waals surface area contributed by atoms with Crippen molar-refractivity contribution in [2.24, 2.45) is 0 Å². The van der Waals surface area contributed by atoms with Crippen molar-refractivity contribution >= 4 is 51.9 Å². The molecule has 6 rings (SSSR count). The highest BCUT2D eigenvalue weighted by Crippen LogP contribution is 2.29. The minimum Gasteiger partial charge on any atom is -0.481 e. The van der Waals surface area contributed by atoms with Crippen molar-refractivity contribution in [2.75, 3.05) is 23.0 Å². The molecule has 2 atom stereocenters. The molecule has 7 N–H and O–H groups in total. The molecule has 1 aromatic heterocycles. The molecule has 0 radical (unpaired) electrons. The summed E-state index contributed by atoms with van der Waals surface area (Å²) in [5, 5.41) is 27.3. The van der Waals surface area contributed by atoms with Crippen LogP contribution in [-0.4, -0.2) is 51.9 Å². The van der Waals surface area contributed by atoms with E-state index in [2.05, 4.69) is 20.9 Å². The van der Waals surface area contributed by atoms with Crippen molar-refractivity contribution < 1.29 is 47.3 Å². The Balaban J connectivity index is 0.000000644. The number of nitrogen functional groups attached to an aromatic ring is 1. The molecule has 2 amide bonds. The number of nitrogens with one attached hydrogen (secondary N) is 3. The molecule has 246 valence electrons. The SMILES string of the molecule is Cc1cc2ccc1CCOC(=O)Nc1cccc(c1)[C@@H](CC(=O)O)NC(=O)C2Nc1ccc2c(N)nccc2c1.O=C(O)C(F)(F)F. The first-order chi connectivity index (χ1) is 22.2. The molecule has 4 aromatic rings. The Hall–Kier alpha value is -5.86. The van der Waals surface area contributed by atoms with Crippen LogP contribution in [0.15, 0.2) is 72.9 Å². The largest absolute Gasteiger partial charge is 0.490 e. The number of aryl methyl sites for hydroxylation is 1. The van der Waals surface area contributed by atoms with E-state index < -0.39 is 42.2 Å². The number of pyridine rings is 1. The van der Waals surface area contributed by atoms with E-state index in [1.165, 1.54) is 0 Å². The fraction of sp³-hybridized carbons (Fsp3) is 0.219. The molecule has 3 aromatic carbocycles. The van der Waals surface area contributed by atoms with Gasteiger partial charge in [-0.25, -0.2) is 14.6 Å². The minimum absolute atomic E-state index is 0.171. The predicted octanol–water partition coefficient (Wildman–Crippen LogP) is 5.35. The van der Waals surface area contributed by atoms with Gasteiger partial charge in [-0.15, -0.1) is 0 Å². The third kappa shape index (κ3) is 9.09. The number of carboxylic acids is 2. The number of amides is 2. The second kappa shape index (κ2) is 14.5. The van der Waals surface area contributed by atoms with Gasteiger partial charge < -0.3 is 31.3 Å². The minimum atomic E-state index is -5.08. The first-order valence-electron chi connectivity index (χ1n) is 14.1. The van der Waals surface area contributed by atoms with Crippen LogP contribution in [-0.2, 0) is 25.5 Å². The number of hydrogen-bond donors (Lipinski definition) is 6. The number of nitrogens with two attached hydrogens (primary N) is 1. The zero-order valence-electron chi connectivity index (χ0n) is 24.8. The standard InChI is InChI=1S/C30H29N5O5.C2HF3O2/c1-17-13-21-6-5-18(17)10-12-40-30(39)34-22-4-2-3-20(15-22)25(16-26(36)37)35-29(38)27(21)33-23-7-8-24-19(14-23)9-11-32-28(24)31;3-2(4,5)1(6)7/h2-9,11,13-15,25,27,33H,10,12,16H2,1H3,(H2,31,32)(H,34,39)(H,35,38)(H,36,37);(H,6,7)/t25-,27?;/m1./s1. The lowest BCUT2D eigenvalue weighted by atomic mass is 9.96. The van der Waals surface area contributed by atoms with E-state index in [-0.39, 0.29) is 13.0 Å². The Morgan fingerprint density at radius 3 is 2.47 bits per heavy atom. The molecule has 0 fully saturated rings. The molecular formula is C32H30F3N5O7. The van der Waals surface area contributed by atoms with E-state index >= 15 is 0 Å². The summed E-state index contributed by atoms with van der Waals surface area (Å²) in [6, 6.07) is 18.0. The number of rotatable bonds is 4. The van der Waals surface area contributed by atoms with E-state index in [0.29, 0.717) is 34.7 Å². The van der Waals surface area contributed by atoms with Gasteiger partial charge in [0.05, 0.1) is 19.1 Å². The average Bonchev–Trinajstić information content (AvgIpc) is 2.99. The third-order valence-electron chi connectivity index (χ3n) is 7.15. The van der Waals surface area contributed by atoms with E-state index in [4.69, 9.17) is 20.4 Å². The number of halogens is 3. The second-order valence-corrected chi connectivity index (χ2v) is 10.5. The Kier molecular flexibility index (Phi) is 10.5. The molecule has 47 heavy (non-hydrogen) atoms. The van der Waals surface area contributed by atoms with Gasteiger partial charge in [-0.05, 0) is 71.0 Å². The number of aliphatic carboxylic acids is 2. The van der Waals surface area contributed by atoms with Gasteiger partial charge in [0.15, 0.2) is 0 Å². The normalized spacial score (nSPS) is 16.6. The van der Waals surface area contributed by atoms with Crippen LogP contribution in [0, 0.1) is 6.92 Å². The van der Waals surface area contributed by atoms with Crippen LogP contribution in [0.2, 0.25) is 0 Å². The van der Waals surface area contributed by atoms with Gasteiger partial charge in [0.2, 0.25) is 5.91 Å². The third-order valence-corrected chi connectivity index (χ3v) is 7.15. The molecule has 2 aliphatic rings. The topological polar surface area (TPSA) is 193 Å². The van der Waals surface area contributed by atoms with Crippen LogP contribution >= 0.6 is 0 Å². The first-order valence-corrected chi connectivity index (χ1v) is 14.1. The molecule has 2 aliphatic heterocycles. The fourth-order valence-electron chi connectivity index (χ4n) is 4.86. The van der Waals surface area contributed by atoms with Gasteiger partial charge >= 0.3 is 24.2 Å². The fourth-order valence-corrected chi connectivity index (χ4v) is 4.86. The van der Waals surface area contributed by atoms with Crippen molar-refractivity contribution in [2.45, 2.75) is 38.0 Å². The number of carboxylic acid groups (broad SMARTS) is 2. The number of anilines is 3. The maximum absolute atomic E-state index is 13.9. The van der Waals surface area contributed by atoms with E-state index in [1.807, 2.05) is 49.4 Å². The zero-order chi connectivity index (χ0) is 34.3. The van der Waals surface area contributed by atoms with Gasteiger partial charge in [0.1, 0.15) is 11.9 Å². The molecule has 0 saturated heterocycles. The summed E-state index contributed by atoms with van der Waals surface area (Å²) < 4.78 is 37.1. The number of fused-ring (bicyclic) bond motifs is 10. The molecular weight excluding hydrogens is 623 g/mol. The molecule has 0 spiro atoms. The molecule has 3 heterocycles. The highest BCUT2D eigenvalue weighted by Gasteiger charge is 2.38. The maximum Gasteiger partial charge on any atom is 0.490 e. The summed E-state index contributed by atoms with van der Waals surface area (Å²) in [6.07, 6.45) is -3.93. The van der Waals surface area contributed by atoms with Gasteiger partial charge in [0.25, 0.3) is 0 Å². The van der Waals surface area contributed by atoms with Crippen molar-refractivity contribution in [1.29, 1.82) is 0 Å². The zero-order valence-corrected chi connectivity index (χ0v) is 24.8. The monoisotopic (exact) mass is 653 g/mol. The van der Waals surface area contributed by atoms with Crippen LogP contribution < -0.4 is 21.7 Å². The number of carbonyl (C=O) groups is 4. The molecule has 0 saturated carbocycles. The lowest BCUT2D eigenvalue weighted by Gasteiger charge is -2.25. The van der Waals surface area contributed by atoms with E-state index in [1.54, 1.807) is 30.5 Å². The molecule has 12 nitrogen and oxygen atoms in total. The number of ether oxygens (including phenoxy) is 1. The van der Waals surface area contributed by atoms with Gasteiger partial charge in [-0.2, -0.15) is 13.2 Å². The Morgan fingerprint density at radius 2 is 1.79 bits per heavy atom. The summed E-state index contributed by atoms with van der Waals surface area (Å²) in [4.78, 5) is 51.0. The number of nitrogens with zero attached hydrogens (tertiary/aromatic N) is 1. The smallest absolute Gasteiger partial charge is 0.481 e. The van der Waals surface area contributed by atoms with Crippen LogP contribution in [0.3, 0.4) is 0 Å². The lowest BCUT2D eigenvalue weighted by molar-refractivity contribution is -0.192. The summed E-state index contributed by atoms with van der Waals surface area (Å²) in [7, 11) is 0. The molecule has 0 aliphatic carbocycles. The van der Waals surface area contributed by atoms with Gasteiger partial charge in [-0.1, -0.05) is 30.3 Å². The number of hydrogen-bond acceptors (Lipinski definition) is 8. The van der Waals surface area contributed by atoms with Crippen LogP contribution in [0.4, 0.5) is 35.2 Å².